The Kier molecular flexibility index (Phi) is 5.80. The van der Waals surface area contributed by atoms with Crippen LogP contribution in [0.5, 0.6) is 0 Å². The second kappa shape index (κ2) is 7.96. The Balaban J connectivity index is 1.74. The molecule has 0 saturated carbocycles. The molecule has 2 aromatic carbocycles. The summed E-state index contributed by atoms with van der Waals surface area (Å²) in [6.45, 7) is 7.88. The molecule has 0 spiro atoms. The third kappa shape index (κ3) is 4.39. The average molecular weight is 380 g/mol. The molecule has 28 heavy (non-hydrogen) atoms. The minimum atomic E-state index is 0.0163. The van der Waals surface area contributed by atoms with Gasteiger partial charge in [-0.3, -0.25) is 9.69 Å². The molecule has 0 aromatic heterocycles. The maximum atomic E-state index is 12.6. The van der Waals surface area contributed by atoms with Crippen LogP contribution in [0.2, 0.25) is 0 Å². The lowest BCUT2D eigenvalue weighted by Gasteiger charge is -2.29. The van der Waals surface area contributed by atoms with Gasteiger partial charge >= 0.3 is 0 Å². The lowest BCUT2D eigenvalue weighted by molar-refractivity contribution is -0.128. The van der Waals surface area contributed by atoms with E-state index in [1.54, 1.807) is 0 Å². The molecule has 1 heterocycles. The monoisotopic (exact) mass is 379 g/mol. The van der Waals surface area contributed by atoms with Crippen molar-refractivity contribution < 1.29 is 4.79 Å². The molecule has 1 fully saturated rings. The molecule has 0 N–H and O–H groups in total. The van der Waals surface area contributed by atoms with Gasteiger partial charge in [-0.1, -0.05) is 57.2 Å². The number of benzene rings is 2. The number of hydrogen-bond acceptors (Lipinski definition) is 3. The SMILES string of the molecule is CN(C)c1ccc(CCN2C(=O)CN(C)C2c2ccc(C(C)(C)C)cc2)cc1. The van der Waals surface area contributed by atoms with Gasteiger partial charge in [-0.25, -0.2) is 0 Å². The number of carbonyl (C=O) groups is 1. The van der Waals surface area contributed by atoms with Crippen LogP contribution in [-0.4, -0.2) is 49.9 Å². The number of hydrogen-bond donors (Lipinski definition) is 0. The van der Waals surface area contributed by atoms with E-state index in [1.165, 1.54) is 22.4 Å². The van der Waals surface area contributed by atoms with Gasteiger partial charge in [-0.05, 0) is 47.7 Å². The first-order valence-corrected chi connectivity index (χ1v) is 10.0. The van der Waals surface area contributed by atoms with Gasteiger partial charge in [0.1, 0.15) is 6.17 Å². The summed E-state index contributed by atoms with van der Waals surface area (Å²) in [6.07, 6.45) is 0.881. The molecule has 150 valence electrons. The van der Waals surface area contributed by atoms with E-state index >= 15 is 0 Å². The van der Waals surface area contributed by atoms with Crippen molar-refractivity contribution in [1.82, 2.24) is 9.80 Å². The van der Waals surface area contributed by atoms with Gasteiger partial charge in [0.05, 0.1) is 6.54 Å². The molecule has 2 aromatic rings. The van der Waals surface area contributed by atoms with Gasteiger partial charge < -0.3 is 9.80 Å². The minimum Gasteiger partial charge on any atom is -0.378 e. The van der Waals surface area contributed by atoms with Gasteiger partial charge in [-0.2, -0.15) is 0 Å². The Morgan fingerprint density at radius 2 is 1.61 bits per heavy atom. The second-order valence-electron chi connectivity index (χ2n) is 9.06. The second-order valence-corrected chi connectivity index (χ2v) is 9.06. The Morgan fingerprint density at radius 3 is 2.14 bits per heavy atom. The molecule has 3 rings (SSSR count). The van der Waals surface area contributed by atoms with Crippen LogP contribution in [0.4, 0.5) is 5.69 Å². The molecule has 4 heteroatoms. The van der Waals surface area contributed by atoms with E-state index in [-0.39, 0.29) is 17.5 Å². The van der Waals surface area contributed by atoms with E-state index in [0.29, 0.717) is 6.54 Å². The smallest absolute Gasteiger partial charge is 0.238 e. The number of amides is 1. The van der Waals surface area contributed by atoms with Crippen LogP contribution in [0.3, 0.4) is 0 Å². The third-order valence-electron chi connectivity index (χ3n) is 5.59. The van der Waals surface area contributed by atoms with Crippen LogP contribution >= 0.6 is 0 Å². The summed E-state index contributed by atoms with van der Waals surface area (Å²) in [4.78, 5) is 18.9. The van der Waals surface area contributed by atoms with Crippen LogP contribution in [0.15, 0.2) is 48.5 Å². The fraction of sp³-hybridized carbons (Fsp3) is 0.458. The zero-order valence-corrected chi connectivity index (χ0v) is 18.1. The van der Waals surface area contributed by atoms with Crippen molar-refractivity contribution in [3.8, 4) is 0 Å². The van der Waals surface area contributed by atoms with Gasteiger partial charge in [-0.15, -0.1) is 0 Å². The molecule has 1 amide bonds. The number of anilines is 1. The Morgan fingerprint density at radius 1 is 1.00 bits per heavy atom. The van der Waals surface area contributed by atoms with Gasteiger partial charge in [0.25, 0.3) is 0 Å². The van der Waals surface area contributed by atoms with E-state index in [2.05, 4.69) is 79.1 Å². The summed E-state index contributed by atoms with van der Waals surface area (Å²) in [7, 11) is 6.12. The normalized spacial score (nSPS) is 18.0. The number of carbonyl (C=O) groups excluding carboxylic acids is 1. The van der Waals surface area contributed by atoms with Gasteiger partial charge in [0, 0.05) is 26.3 Å². The molecule has 0 radical (unpaired) electrons. The van der Waals surface area contributed by atoms with Crippen LogP contribution in [0, 0.1) is 0 Å². The predicted octanol–water partition coefficient (Wildman–Crippen LogP) is 4.07. The number of nitrogens with zero attached hydrogens (tertiary/aromatic N) is 3. The molecular formula is C24H33N3O. The zero-order chi connectivity index (χ0) is 20.5. The highest BCUT2D eigenvalue weighted by Crippen LogP contribution is 2.31. The minimum absolute atomic E-state index is 0.0163. The summed E-state index contributed by atoms with van der Waals surface area (Å²) in [5, 5.41) is 0. The molecule has 1 aliphatic heterocycles. The van der Waals surface area contributed by atoms with Crippen molar-refractivity contribution in [3.63, 3.8) is 0 Å². The molecule has 1 saturated heterocycles. The third-order valence-corrected chi connectivity index (χ3v) is 5.59. The first-order valence-electron chi connectivity index (χ1n) is 10.0. The molecule has 1 unspecified atom stereocenters. The summed E-state index contributed by atoms with van der Waals surface area (Å²) >= 11 is 0. The van der Waals surface area contributed by atoms with Crippen molar-refractivity contribution in [1.29, 1.82) is 0 Å². The summed E-state index contributed by atoms with van der Waals surface area (Å²) in [6, 6.07) is 17.3. The quantitative estimate of drug-likeness (QED) is 0.784. The molecule has 1 aliphatic rings. The Labute approximate surface area is 169 Å². The molecular weight excluding hydrogens is 346 g/mol. The average Bonchev–Trinajstić information content (AvgIpc) is 2.93. The van der Waals surface area contributed by atoms with Gasteiger partial charge in [0.15, 0.2) is 0 Å². The lowest BCUT2D eigenvalue weighted by Crippen LogP contribution is -2.32. The summed E-state index contributed by atoms with van der Waals surface area (Å²) < 4.78 is 0. The van der Waals surface area contributed by atoms with Crippen molar-refractivity contribution in [2.75, 3.05) is 39.1 Å². The highest BCUT2D eigenvalue weighted by atomic mass is 16.2. The van der Waals surface area contributed by atoms with Crippen molar-refractivity contribution in [2.24, 2.45) is 0 Å². The lowest BCUT2D eigenvalue weighted by atomic mass is 9.86. The molecule has 0 bridgehead atoms. The van der Waals surface area contributed by atoms with Crippen LogP contribution < -0.4 is 4.90 Å². The molecule has 4 nitrogen and oxygen atoms in total. The van der Waals surface area contributed by atoms with Crippen molar-refractivity contribution >= 4 is 11.6 Å². The van der Waals surface area contributed by atoms with E-state index in [1.807, 2.05) is 26.0 Å². The number of rotatable bonds is 5. The van der Waals surface area contributed by atoms with Crippen LogP contribution in [0.25, 0.3) is 0 Å². The summed E-state index contributed by atoms with van der Waals surface area (Å²) in [5.74, 6) is 0.206. The first kappa shape index (κ1) is 20.4. The van der Waals surface area contributed by atoms with E-state index < -0.39 is 0 Å². The maximum absolute atomic E-state index is 12.6. The predicted molar refractivity (Wildman–Crippen MR) is 117 cm³/mol. The highest BCUT2D eigenvalue weighted by Gasteiger charge is 2.36. The number of likely N-dealkylation sites (N-methyl/N-ethyl adjacent to an activating group) is 1. The van der Waals surface area contributed by atoms with Crippen molar-refractivity contribution in [3.05, 3.63) is 65.2 Å². The largest absolute Gasteiger partial charge is 0.378 e. The zero-order valence-electron chi connectivity index (χ0n) is 18.1. The molecule has 0 aliphatic carbocycles. The van der Waals surface area contributed by atoms with Crippen LogP contribution in [-0.2, 0) is 16.6 Å². The fourth-order valence-electron chi connectivity index (χ4n) is 3.81. The van der Waals surface area contributed by atoms with Gasteiger partial charge in [0.2, 0.25) is 5.91 Å². The topological polar surface area (TPSA) is 26.8 Å². The van der Waals surface area contributed by atoms with E-state index in [0.717, 1.165) is 13.0 Å². The fourth-order valence-corrected chi connectivity index (χ4v) is 3.81. The maximum Gasteiger partial charge on any atom is 0.238 e. The standard InChI is InChI=1S/C24H33N3O/c1-24(2,3)20-11-9-19(10-12-20)23-26(6)17-22(28)27(23)16-15-18-7-13-21(14-8-18)25(4)5/h7-14,23H,15-17H2,1-6H3. The summed E-state index contributed by atoms with van der Waals surface area (Å²) in [5.41, 5.74) is 5.08. The molecule has 1 atom stereocenters. The Bertz CT molecular complexity index is 803. The van der Waals surface area contributed by atoms with Crippen molar-refractivity contribution in [2.45, 2.75) is 38.8 Å². The Hall–Kier alpha value is -2.33. The first-order chi connectivity index (χ1) is 13.2. The van der Waals surface area contributed by atoms with E-state index in [4.69, 9.17) is 0 Å². The van der Waals surface area contributed by atoms with Crippen LogP contribution in [0.1, 0.15) is 43.6 Å². The van der Waals surface area contributed by atoms with E-state index in [9.17, 15) is 4.79 Å². The highest BCUT2D eigenvalue weighted by molar-refractivity contribution is 5.81.